The molecule has 2 N–H and O–H groups in total. The summed E-state index contributed by atoms with van der Waals surface area (Å²) in [6, 6.07) is 17.9. The minimum Gasteiger partial charge on any atom is -0.494 e. The summed E-state index contributed by atoms with van der Waals surface area (Å²) in [5, 5.41) is 18.8. The van der Waals surface area contributed by atoms with E-state index in [1.165, 1.54) is 0 Å². The van der Waals surface area contributed by atoms with Gasteiger partial charge in [-0.25, -0.2) is 5.48 Å². The van der Waals surface area contributed by atoms with Crippen LogP contribution in [0.1, 0.15) is 32.1 Å². The van der Waals surface area contributed by atoms with Gasteiger partial charge in [0.15, 0.2) is 0 Å². The molecule has 0 unspecified atom stereocenters. The van der Waals surface area contributed by atoms with E-state index < -0.39 is 0 Å². The van der Waals surface area contributed by atoms with Gasteiger partial charge in [0.25, 0.3) is 0 Å². The third kappa shape index (κ3) is 5.87. The van der Waals surface area contributed by atoms with Crippen molar-refractivity contribution >= 4 is 17.2 Å². The van der Waals surface area contributed by atoms with Crippen LogP contribution in [0.25, 0.3) is 21.1 Å². The van der Waals surface area contributed by atoms with E-state index in [1.807, 2.05) is 54.6 Å². The standard InChI is InChI=1S/C21H23N3O3S/c25-19(24-26)13-6-1-2-7-14-27-18-12-8-11-17(15-18)21-23-22-20(28-21)16-9-4-3-5-10-16/h3-5,8-12,15,26H,1-2,6-7,13-14H2,(H,24,25). The van der Waals surface area contributed by atoms with E-state index in [0.717, 1.165) is 52.6 Å². The van der Waals surface area contributed by atoms with Crippen LogP contribution < -0.4 is 10.2 Å². The van der Waals surface area contributed by atoms with E-state index >= 15 is 0 Å². The Kier molecular flexibility index (Phi) is 7.52. The van der Waals surface area contributed by atoms with Crippen LogP contribution in [0, 0.1) is 0 Å². The topological polar surface area (TPSA) is 84.3 Å². The Bertz CT molecular complexity index is 883. The maximum Gasteiger partial charge on any atom is 0.243 e. The van der Waals surface area contributed by atoms with E-state index in [-0.39, 0.29) is 5.91 Å². The van der Waals surface area contributed by atoms with Gasteiger partial charge in [-0.1, -0.05) is 66.6 Å². The fraction of sp³-hybridized carbons (Fsp3) is 0.286. The van der Waals surface area contributed by atoms with Gasteiger partial charge < -0.3 is 4.74 Å². The Morgan fingerprint density at radius 2 is 1.64 bits per heavy atom. The van der Waals surface area contributed by atoms with Crippen molar-refractivity contribution in [3.63, 3.8) is 0 Å². The second kappa shape index (κ2) is 10.5. The quantitative estimate of drug-likeness (QED) is 0.294. The highest BCUT2D eigenvalue weighted by molar-refractivity contribution is 7.17. The fourth-order valence-corrected chi connectivity index (χ4v) is 3.59. The van der Waals surface area contributed by atoms with Crippen molar-refractivity contribution in [2.75, 3.05) is 6.61 Å². The molecule has 7 heteroatoms. The predicted octanol–water partition coefficient (Wildman–Crippen LogP) is 4.71. The average Bonchev–Trinajstić information content (AvgIpc) is 3.24. The summed E-state index contributed by atoms with van der Waals surface area (Å²) >= 11 is 1.56. The molecular formula is C21H23N3O3S. The van der Waals surface area contributed by atoms with Gasteiger partial charge in [0.1, 0.15) is 15.8 Å². The molecule has 0 aliphatic rings. The Morgan fingerprint density at radius 1 is 0.929 bits per heavy atom. The van der Waals surface area contributed by atoms with Gasteiger partial charge in [-0.3, -0.25) is 10.0 Å². The predicted molar refractivity (Wildman–Crippen MR) is 109 cm³/mol. The third-order valence-corrected chi connectivity index (χ3v) is 5.24. The van der Waals surface area contributed by atoms with Crippen molar-refractivity contribution in [2.45, 2.75) is 32.1 Å². The lowest BCUT2D eigenvalue weighted by atomic mass is 10.1. The number of carbonyl (C=O) groups excluding carboxylic acids is 1. The number of hydrogen-bond donors (Lipinski definition) is 2. The Labute approximate surface area is 168 Å². The molecule has 3 rings (SSSR count). The number of nitrogens with zero attached hydrogens (tertiary/aromatic N) is 2. The number of rotatable bonds is 10. The summed E-state index contributed by atoms with van der Waals surface area (Å²) in [6.07, 6.45) is 3.95. The molecule has 146 valence electrons. The molecule has 3 aromatic rings. The van der Waals surface area contributed by atoms with Crippen LogP contribution in [-0.2, 0) is 4.79 Å². The van der Waals surface area contributed by atoms with Gasteiger partial charge in [0, 0.05) is 17.5 Å². The SMILES string of the molecule is O=C(CCCCCCOc1cccc(-c2nnc(-c3ccccc3)s2)c1)NO. The van der Waals surface area contributed by atoms with Crippen LogP contribution in [0.5, 0.6) is 5.75 Å². The van der Waals surface area contributed by atoms with E-state index in [4.69, 9.17) is 9.94 Å². The van der Waals surface area contributed by atoms with Crippen molar-refractivity contribution < 1.29 is 14.7 Å². The number of benzene rings is 2. The number of ether oxygens (including phenoxy) is 1. The Morgan fingerprint density at radius 3 is 2.43 bits per heavy atom. The normalized spacial score (nSPS) is 10.6. The largest absolute Gasteiger partial charge is 0.494 e. The second-order valence-corrected chi connectivity index (χ2v) is 7.33. The number of aromatic nitrogens is 2. The highest BCUT2D eigenvalue weighted by Gasteiger charge is 2.09. The number of hydrogen-bond acceptors (Lipinski definition) is 6. The molecule has 0 saturated carbocycles. The summed E-state index contributed by atoms with van der Waals surface area (Å²) in [5.41, 5.74) is 3.70. The van der Waals surface area contributed by atoms with Gasteiger partial charge >= 0.3 is 0 Å². The zero-order chi connectivity index (χ0) is 19.6. The summed E-state index contributed by atoms with van der Waals surface area (Å²) in [5.74, 6) is 0.480. The van der Waals surface area contributed by atoms with Crippen LogP contribution in [-0.4, -0.2) is 27.9 Å². The van der Waals surface area contributed by atoms with E-state index in [0.29, 0.717) is 13.0 Å². The molecule has 0 aliphatic carbocycles. The minimum absolute atomic E-state index is 0.333. The van der Waals surface area contributed by atoms with Crippen molar-refractivity contribution in [2.24, 2.45) is 0 Å². The molecule has 2 aromatic carbocycles. The van der Waals surface area contributed by atoms with Gasteiger partial charge in [0.05, 0.1) is 6.61 Å². The van der Waals surface area contributed by atoms with E-state index in [1.54, 1.807) is 16.8 Å². The summed E-state index contributed by atoms with van der Waals surface area (Å²) in [4.78, 5) is 10.9. The van der Waals surface area contributed by atoms with Gasteiger partial charge in [-0.15, -0.1) is 10.2 Å². The number of hydroxylamine groups is 1. The molecular weight excluding hydrogens is 374 g/mol. The lowest BCUT2D eigenvalue weighted by Crippen LogP contribution is -2.17. The monoisotopic (exact) mass is 397 g/mol. The summed E-state index contributed by atoms with van der Waals surface area (Å²) in [6.45, 7) is 0.626. The first kappa shape index (κ1) is 20.0. The molecule has 0 saturated heterocycles. The highest BCUT2D eigenvalue weighted by atomic mass is 32.1. The lowest BCUT2D eigenvalue weighted by molar-refractivity contribution is -0.129. The molecule has 6 nitrogen and oxygen atoms in total. The van der Waals surface area contributed by atoms with Crippen LogP contribution in [0.2, 0.25) is 0 Å². The smallest absolute Gasteiger partial charge is 0.243 e. The number of carbonyl (C=O) groups is 1. The van der Waals surface area contributed by atoms with Crippen molar-refractivity contribution in [3.8, 4) is 26.9 Å². The van der Waals surface area contributed by atoms with Crippen LogP contribution >= 0.6 is 11.3 Å². The zero-order valence-corrected chi connectivity index (χ0v) is 16.3. The first-order chi connectivity index (χ1) is 13.8. The maximum absolute atomic E-state index is 10.9. The molecule has 0 atom stereocenters. The molecule has 1 amide bonds. The van der Waals surface area contributed by atoms with Crippen LogP contribution in [0.3, 0.4) is 0 Å². The molecule has 0 fully saturated rings. The summed E-state index contributed by atoms with van der Waals surface area (Å²) < 4.78 is 5.85. The van der Waals surface area contributed by atoms with E-state index in [2.05, 4.69) is 10.2 Å². The average molecular weight is 398 g/mol. The summed E-state index contributed by atoms with van der Waals surface area (Å²) in [7, 11) is 0. The first-order valence-corrected chi connectivity index (χ1v) is 10.1. The van der Waals surface area contributed by atoms with Crippen molar-refractivity contribution in [1.82, 2.24) is 15.7 Å². The van der Waals surface area contributed by atoms with Crippen LogP contribution in [0.4, 0.5) is 0 Å². The molecule has 1 aromatic heterocycles. The number of unbranched alkanes of at least 4 members (excludes halogenated alkanes) is 3. The number of nitrogens with one attached hydrogen (secondary N) is 1. The Balaban J connectivity index is 1.48. The zero-order valence-electron chi connectivity index (χ0n) is 15.5. The second-order valence-electron chi connectivity index (χ2n) is 6.35. The molecule has 28 heavy (non-hydrogen) atoms. The Hall–Kier alpha value is -2.77. The molecule has 0 aliphatic heterocycles. The lowest BCUT2D eigenvalue weighted by Gasteiger charge is -2.07. The minimum atomic E-state index is -0.333. The van der Waals surface area contributed by atoms with Crippen LogP contribution in [0.15, 0.2) is 54.6 Å². The third-order valence-electron chi connectivity index (χ3n) is 4.22. The van der Waals surface area contributed by atoms with Crippen molar-refractivity contribution in [3.05, 3.63) is 54.6 Å². The van der Waals surface area contributed by atoms with Gasteiger partial charge in [0.2, 0.25) is 5.91 Å². The van der Waals surface area contributed by atoms with Crippen molar-refractivity contribution in [1.29, 1.82) is 0 Å². The van der Waals surface area contributed by atoms with Gasteiger partial charge in [-0.2, -0.15) is 0 Å². The molecule has 0 bridgehead atoms. The maximum atomic E-state index is 10.9. The number of amides is 1. The first-order valence-electron chi connectivity index (χ1n) is 9.31. The van der Waals surface area contributed by atoms with E-state index in [9.17, 15) is 4.79 Å². The molecule has 0 radical (unpaired) electrons. The molecule has 0 spiro atoms. The van der Waals surface area contributed by atoms with Gasteiger partial charge in [-0.05, 0) is 25.0 Å². The highest BCUT2D eigenvalue weighted by Crippen LogP contribution is 2.31. The molecule has 1 heterocycles. The fourth-order valence-electron chi connectivity index (χ4n) is 2.74.